The fraction of sp³-hybridized carbons (Fsp3) is 0.889. The molecule has 3 nitrogen and oxygen atoms in total. The van der Waals surface area contributed by atoms with Gasteiger partial charge in [0.15, 0.2) is 0 Å². The Bertz CT molecular complexity index is 136. The molecule has 0 fully saturated rings. The predicted molar refractivity (Wildman–Crippen MR) is 49.0 cm³/mol. The summed E-state index contributed by atoms with van der Waals surface area (Å²) in [7, 11) is 1.41. The van der Waals surface area contributed by atoms with Gasteiger partial charge in [0, 0.05) is 12.1 Å². The summed E-state index contributed by atoms with van der Waals surface area (Å²) in [6.45, 7) is 6.21. The molecule has 0 saturated heterocycles. The first-order valence-electron chi connectivity index (χ1n) is 4.43. The van der Waals surface area contributed by atoms with Crippen LogP contribution in [0, 0.1) is 0 Å². The topological polar surface area (TPSA) is 38.3 Å². The van der Waals surface area contributed by atoms with Gasteiger partial charge in [0.25, 0.3) is 0 Å². The molecule has 2 unspecified atom stereocenters. The number of hydrogen-bond acceptors (Lipinski definition) is 3. The zero-order chi connectivity index (χ0) is 9.56. The SMILES string of the molecule is CCC(C)NC(C)CC(=O)OC. The highest BCUT2D eigenvalue weighted by molar-refractivity contribution is 5.69. The summed E-state index contributed by atoms with van der Waals surface area (Å²) < 4.78 is 4.56. The van der Waals surface area contributed by atoms with Gasteiger partial charge in [0.2, 0.25) is 0 Å². The average Bonchev–Trinajstić information content (AvgIpc) is 2.03. The number of methoxy groups -OCH3 is 1. The van der Waals surface area contributed by atoms with Gasteiger partial charge in [-0.2, -0.15) is 0 Å². The van der Waals surface area contributed by atoms with Gasteiger partial charge < -0.3 is 10.1 Å². The molecular formula is C9H19NO2. The molecule has 0 rings (SSSR count). The van der Waals surface area contributed by atoms with Crippen LogP contribution in [0.4, 0.5) is 0 Å². The fourth-order valence-electron chi connectivity index (χ4n) is 0.996. The molecule has 3 heteroatoms. The smallest absolute Gasteiger partial charge is 0.307 e. The summed E-state index contributed by atoms with van der Waals surface area (Å²) >= 11 is 0. The predicted octanol–water partition coefficient (Wildman–Crippen LogP) is 1.33. The van der Waals surface area contributed by atoms with Crippen LogP contribution in [-0.4, -0.2) is 25.2 Å². The normalized spacial score (nSPS) is 15.3. The first-order chi connectivity index (χ1) is 5.60. The Hall–Kier alpha value is -0.570. The minimum absolute atomic E-state index is 0.154. The molecule has 12 heavy (non-hydrogen) atoms. The molecule has 72 valence electrons. The van der Waals surface area contributed by atoms with Crippen molar-refractivity contribution in [2.24, 2.45) is 0 Å². The highest BCUT2D eigenvalue weighted by Crippen LogP contribution is 1.97. The number of nitrogens with one attached hydrogen (secondary N) is 1. The Labute approximate surface area is 74.5 Å². The maximum absolute atomic E-state index is 10.8. The van der Waals surface area contributed by atoms with Crippen LogP contribution < -0.4 is 5.32 Å². The van der Waals surface area contributed by atoms with E-state index in [1.54, 1.807) is 0 Å². The van der Waals surface area contributed by atoms with Gasteiger partial charge in [-0.1, -0.05) is 6.92 Å². The van der Waals surface area contributed by atoms with Gasteiger partial charge >= 0.3 is 5.97 Å². The largest absolute Gasteiger partial charge is 0.469 e. The van der Waals surface area contributed by atoms with E-state index in [0.717, 1.165) is 6.42 Å². The lowest BCUT2D eigenvalue weighted by Gasteiger charge is -2.17. The van der Waals surface area contributed by atoms with E-state index in [4.69, 9.17) is 0 Å². The number of carbonyl (C=O) groups is 1. The van der Waals surface area contributed by atoms with E-state index in [2.05, 4.69) is 23.9 Å². The lowest BCUT2D eigenvalue weighted by molar-refractivity contribution is -0.141. The van der Waals surface area contributed by atoms with Crippen molar-refractivity contribution in [3.63, 3.8) is 0 Å². The van der Waals surface area contributed by atoms with Crippen molar-refractivity contribution in [3.8, 4) is 0 Å². The van der Waals surface area contributed by atoms with E-state index in [0.29, 0.717) is 12.5 Å². The number of ether oxygens (including phenoxy) is 1. The van der Waals surface area contributed by atoms with Crippen molar-refractivity contribution < 1.29 is 9.53 Å². The highest BCUT2D eigenvalue weighted by Gasteiger charge is 2.10. The second-order valence-electron chi connectivity index (χ2n) is 3.16. The third kappa shape index (κ3) is 5.13. The van der Waals surface area contributed by atoms with Crippen LogP contribution in [0.15, 0.2) is 0 Å². The maximum Gasteiger partial charge on any atom is 0.307 e. The molecular weight excluding hydrogens is 154 g/mol. The lowest BCUT2D eigenvalue weighted by Crippen LogP contribution is -2.35. The molecule has 0 aliphatic carbocycles. The minimum atomic E-state index is -0.154. The van der Waals surface area contributed by atoms with E-state index in [1.165, 1.54) is 7.11 Å². The second kappa shape index (κ2) is 6.00. The van der Waals surface area contributed by atoms with Gasteiger partial charge in [-0.25, -0.2) is 0 Å². The van der Waals surface area contributed by atoms with Crippen LogP contribution in [0.2, 0.25) is 0 Å². The van der Waals surface area contributed by atoms with Crippen LogP contribution in [0.5, 0.6) is 0 Å². The lowest BCUT2D eigenvalue weighted by atomic mass is 10.2. The quantitative estimate of drug-likeness (QED) is 0.637. The molecule has 1 N–H and O–H groups in total. The van der Waals surface area contributed by atoms with Gasteiger partial charge in [-0.05, 0) is 20.3 Å². The number of esters is 1. The number of rotatable bonds is 5. The van der Waals surface area contributed by atoms with Gasteiger partial charge in [-0.15, -0.1) is 0 Å². The fourth-order valence-corrected chi connectivity index (χ4v) is 0.996. The summed E-state index contributed by atoms with van der Waals surface area (Å²) in [6.07, 6.45) is 1.52. The molecule has 0 aromatic heterocycles. The number of carbonyl (C=O) groups excluding carboxylic acids is 1. The van der Waals surface area contributed by atoms with E-state index >= 15 is 0 Å². The molecule has 0 bridgehead atoms. The monoisotopic (exact) mass is 173 g/mol. The van der Waals surface area contributed by atoms with Crippen molar-refractivity contribution in [2.45, 2.75) is 45.7 Å². The Morgan fingerprint density at radius 3 is 2.42 bits per heavy atom. The molecule has 0 amide bonds. The van der Waals surface area contributed by atoms with E-state index < -0.39 is 0 Å². The minimum Gasteiger partial charge on any atom is -0.469 e. The zero-order valence-corrected chi connectivity index (χ0v) is 8.39. The molecule has 0 saturated carbocycles. The molecule has 0 spiro atoms. The summed E-state index contributed by atoms with van der Waals surface area (Å²) in [5, 5.41) is 3.29. The Morgan fingerprint density at radius 2 is 2.00 bits per heavy atom. The standard InChI is InChI=1S/C9H19NO2/c1-5-7(2)10-8(3)6-9(11)12-4/h7-8,10H,5-6H2,1-4H3. The molecule has 2 atom stereocenters. The van der Waals surface area contributed by atoms with Crippen molar-refractivity contribution >= 4 is 5.97 Å². The summed E-state index contributed by atoms with van der Waals surface area (Å²) in [5.41, 5.74) is 0. The molecule has 0 aliphatic rings. The maximum atomic E-state index is 10.8. The Balaban J connectivity index is 3.58. The first-order valence-corrected chi connectivity index (χ1v) is 4.43. The van der Waals surface area contributed by atoms with Crippen LogP contribution in [0.25, 0.3) is 0 Å². The van der Waals surface area contributed by atoms with Crippen LogP contribution >= 0.6 is 0 Å². The molecule has 0 heterocycles. The van der Waals surface area contributed by atoms with E-state index in [9.17, 15) is 4.79 Å². The van der Waals surface area contributed by atoms with Crippen molar-refractivity contribution in [3.05, 3.63) is 0 Å². The summed E-state index contributed by atoms with van der Waals surface area (Å²) in [6, 6.07) is 0.664. The van der Waals surface area contributed by atoms with Gasteiger partial charge in [-0.3, -0.25) is 4.79 Å². The van der Waals surface area contributed by atoms with E-state index in [-0.39, 0.29) is 12.0 Å². The molecule has 0 aromatic carbocycles. The summed E-state index contributed by atoms with van der Waals surface area (Å²) in [4.78, 5) is 10.8. The zero-order valence-electron chi connectivity index (χ0n) is 8.39. The van der Waals surface area contributed by atoms with Crippen LogP contribution in [0.3, 0.4) is 0 Å². The van der Waals surface area contributed by atoms with Crippen molar-refractivity contribution in [2.75, 3.05) is 7.11 Å². The number of hydrogen-bond donors (Lipinski definition) is 1. The second-order valence-corrected chi connectivity index (χ2v) is 3.16. The van der Waals surface area contributed by atoms with Gasteiger partial charge in [0.05, 0.1) is 13.5 Å². The van der Waals surface area contributed by atoms with Gasteiger partial charge in [0.1, 0.15) is 0 Å². The highest BCUT2D eigenvalue weighted by atomic mass is 16.5. The third-order valence-electron chi connectivity index (χ3n) is 1.88. The van der Waals surface area contributed by atoms with Crippen LogP contribution in [0.1, 0.15) is 33.6 Å². The van der Waals surface area contributed by atoms with Crippen LogP contribution in [-0.2, 0) is 9.53 Å². The third-order valence-corrected chi connectivity index (χ3v) is 1.88. The Kier molecular flexibility index (Phi) is 5.72. The Morgan fingerprint density at radius 1 is 1.42 bits per heavy atom. The average molecular weight is 173 g/mol. The first kappa shape index (κ1) is 11.4. The van der Waals surface area contributed by atoms with Crippen molar-refractivity contribution in [1.29, 1.82) is 0 Å². The summed E-state index contributed by atoms with van der Waals surface area (Å²) in [5.74, 6) is -0.154. The van der Waals surface area contributed by atoms with E-state index in [1.807, 2.05) is 6.92 Å². The molecule has 0 aliphatic heterocycles. The molecule has 0 radical (unpaired) electrons. The molecule has 0 aromatic rings. The van der Waals surface area contributed by atoms with Crippen molar-refractivity contribution in [1.82, 2.24) is 5.32 Å².